The van der Waals surface area contributed by atoms with Crippen LogP contribution in [0.3, 0.4) is 0 Å². The Morgan fingerprint density at radius 1 is 0.810 bits per heavy atom. The van der Waals surface area contributed by atoms with Crippen molar-refractivity contribution in [3.8, 4) is 0 Å². The molecule has 1 heterocycles. The Balaban J connectivity index is 0.00000110. The summed E-state index contributed by atoms with van der Waals surface area (Å²) < 4.78 is 7.09. The molecule has 3 aliphatic rings. The number of hydrogen-bond acceptors (Lipinski definition) is 0. The van der Waals surface area contributed by atoms with Crippen molar-refractivity contribution in [3.05, 3.63) is 42.2 Å². The number of rotatable bonds is 4. The molecular weight excluding hydrogens is 335 g/mol. The summed E-state index contributed by atoms with van der Waals surface area (Å²) in [7, 11) is 0. The van der Waals surface area contributed by atoms with Crippen LogP contribution in [-0.2, 0) is 16.6 Å². The predicted octanol–water partition coefficient (Wildman–Crippen LogP) is 0.0267. The van der Waals surface area contributed by atoms with Crippen molar-refractivity contribution in [1.82, 2.24) is 0 Å². The summed E-state index contributed by atoms with van der Waals surface area (Å²) >= 11 is -1.76. The molecule has 21 heavy (non-hydrogen) atoms. The molecular formula is C18H26Cl2Ti. The van der Waals surface area contributed by atoms with E-state index >= 15 is 0 Å². The molecule has 2 aliphatic carbocycles. The third kappa shape index (κ3) is 3.30. The van der Waals surface area contributed by atoms with Gasteiger partial charge in [-0.2, -0.15) is 0 Å². The minimum atomic E-state index is -1.76. The maximum atomic E-state index is 2.50. The van der Waals surface area contributed by atoms with Gasteiger partial charge < -0.3 is 24.8 Å². The second-order valence-electron chi connectivity index (χ2n) is 6.63. The molecule has 1 saturated heterocycles. The molecule has 0 aromatic heterocycles. The largest absolute Gasteiger partial charge is 1.00 e. The molecule has 0 spiro atoms. The van der Waals surface area contributed by atoms with Crippen LogP contribution in [0.2, 0.25) is 9.45 Å². The quantitative estimate of drug-likeness (QED) is 0.620. The minimum absolute atomic E-state index is 0. The van der Waals surface area contributed by atoms with Gasteiger partial charge in [0, 0.05) is 0 Å². The van der Waals surface area contributed by atoms with Gasteiger partial charge in [-0.3, -0.25) is 0 Å². The third-order valence-corrected chi connectivity index (χ3v) is 12.7. The van der Waals surface area contributed by atoms with Crippen LogP contribution >= 0.6 is 0 Å². The number of hydrogen-bond donors (Lipinski definition) is 0. The van der Waals surface area contributed by atoms with Crippen molar-refractivity contribution >= 4 is 0 Å². The fourth-order valence-electron chi connectivity index (χ4n) is 4.15. The van der Waals surface area contributed by atoms with Crippen LogP contribution in [0.5, 0.6) is 0 Å². The number of allylic oxidation sites excluding steroid dienone is 8. The first-order valence-electron chi connectivity index (χ1n) is 7.90. The van der Waals surface area contributed by atoms with Crippen molar-refractivity contribution in [2.24, 2.45) is 0 Å². The molecule has 116 valence electrons. The monoisotopic (exact) mass is 360 g/mol. The molecule has 3 heteroatoms. The Morgan fingerprint density at radius 2 is 1.19 bits per heavy atom. The molecule has 0 aromatic rings. The van der Waals surface area contributed by atoms with E-state index in [1.165, 1.54) is 25.7 Å². The van der Waals surface area contributed by atoms with Crippen molar-refractivity contribution < 1.29 is 41.4 Å². The molecule has 0 saturated carbocycles. The number of halogens is 2. The SMILES string of the molecule is CCC1=[C]([Ti+2]2([C]3=C(CC)C=C(C)C3)[CH2][CH2]2)CC(C)=C1.[Cl-].[Cl-]. The average molecular weight is 361 g/mol. The van der Waals surface area contributed by atoms with Gasteiger partial charge in [0.2, 0.25) is 0 Å². The van der Waals surface area contributed by atoms with E-state index in [1.54, 1.807) is 31.7 Å². The Morgan fingerprint density at radius 3 is 1.48 bits per heavy atom. The standard InChI is InChI=1S/2C8H11.C2H4.2ClH.Ti/c2*1-3-8-5-4-7(2)6-8;1-2;;;/h2*6H,3-4H2,1-2H3;1-2H2;2*1H;/q;;;;;+2/p-2. The van der Waals surface area contributed by atoms with E-state index in [1.807, 2.05) is 7.76 Å². The molecule has 0 N–H and O–H groups in total. The topological polar surface area (TPSA) is 0 Å². The zero-order chi connectivity index (χ0) is 13.6. The van der Waals surface area contributed by atoms with Crippen molar-refractivity contribution in [2.75, 3.05) is 0 Å². The van der Waals surface area contributed by atoms with Crippen LogP contribution < -0.4 is 24.8 Å². The van der Waals surface area contributed by atoms with Gasteiger partial charge in [0.25, 0.3) is 0 Å². The third-order valence-electron chi connectivity index (χ3n) is 5.19. The first kappa shape index (κ1) is 19.3. The van der Waals surface area contributed by atoms with Crippen molar-refractivity contribution in [3.63, 3.8) is 0 Å². The molecule has 0 radical (unpaired) electrons. The fraction of sp³-hybridized carbons (Fsp3) is 0.556. The Kier molecular flexibility index (Phi) is 6.63. The second-order valence-corrected chi connectivity index (χ2v) is 13.5. The van der Waals surface area contributed by atoms with Crippen LogP contribution in [0.15, 0.2) is 42.2 Å². The summed E-state index contributed by atoms with van der Waals surface area (Å²) in [5, 5.41) is 0. The first-order valence-corrected chi connectivity index (χ1v) is 11.7. The van der Waals surface area contributed by atoms with Crippen LogP contribution in [0.4, 0.5) is 0 Å². The molecule has 1 aliphatic heterocycles. The van der Waals surface area contributed by atoms with Gasteiger partial charge in [0.15, 0.2) is 0 Å². The Bertz CT molecular complexity index is 500. The molecule has 0 bridgehead atoms. The average Bonchev–Trinajstić information content (AvgIpc) is 2.97. The van der Waals surface area contributed by atoms with Crippen LogP contribution in [-0.4, -0.2) is 0 Å². The first-order chi connectivity index (χ1) is 9.10. The van der Waals surface area contributed by atoms with Gasteiger partial charge in [0.05, 0.1) is 0 Å². The molecule has 0 atom stereocenters. The minimum Gasteiger partial charge on any atom is -1.00 e. The van der Waals surface area contributed by atoms with E-state index in [-0.39, 0.29) is 24.8 Å². The summed E-state index contributed by atoms with van der Waals surface area (Å²) in [5.41, 5.74) is 6.68. The van der Waals surface area contributed by atoms with Crippen LogP contribution in [0.1, 0.15) is 53.4 Å². The Labute approximate surface area is 146 Å². The van der Waals surface area contributed by atoms with E-state index in [0.29, 0.717) is 0 Å². The van der Waals surface area contributed by atoms with E-state index in [2.05, 4.69) is 39.8 Å². The van der Waals surface area contributed by atoms with Crippen molar-refractivity contribution in [2.45, 2.75) is 62.8 Å². The summed E-state index contributed by atoms with van der Waals surface area (Å²) in [4.78, 5) is 0. The summed E-state index contributed by atoms with van der Waals surface area (Å²) in [6.07, 6.45) is 10.2. The van der Waals surface area contributed by atoms with E-state index in [4.69, 9.17) is 0 Å². The van der Waals surface area contributed by atoms with Gasteiger partial charge in [0.1, 0.15) is 0 Å². The maximum absolute atomic E-state index is 2.50. The van der Waals surface area contributed by atoms with Crippen LogP contribution in [0.25, 0.3) is 0 Å². The van der Waals surface area contributed by atoms with Gasteiger partial charge in [-0.1, -0.05) is 0 Å². The van der Waals surface area contributed by atoms with Crippen molar-refractivity contribution in [1.29, 1.82) is 0 Å². The van der Waals surface area contributed by atoms with Gasteiger partial charge in [-0.25, -0.2) is 0 Å². The van der Waals surface area contributed by atoms with Gasteiger partial charge >= 0.3 is 122 Å². The summed E-state index contributed by atoms with van der Waals surface area (Å²) in [6, 6.07) is 0. The molecule has 1 fully saturated rings. The summed E-state index contributed by atoms with van der Waals surface area (Å²) in [6.45, 7) is 9.34. The predicted molar refractivity (Wildman–Crippen MR) is 81.0 cm³/mol. The smallest absolute Gasteiger partial charge is 1.00 e. The van der Waals surface area contributed by atoms with E-state index in [0.717, 1.165) is 0 Å². The molecule has 0 unspecified atom stereocenters. The van der Waals surface area contributed by atoms with Gasteiger partial charge in [-0.05, 0) is 0 Å². The van der Waals surface area contributed by atoms with E-state index in [9.17, 15) is 0 Å². The second kappa shape index (κ2) is 7.22. The molecule has 0 nitrogen and oxygen atoms in total. The zero-order valence-corrected chi connectivity index (χ0v) is 16.7. The summed E-state index contributed by atoms with van der Waals surface area (Å²) in [5.74, 6) is 0. The normalized spacial score (nSPS) is 21.1. The zero-order valence-electron chi connectivity index (χ0n) is 13.7. The molecule has 0 aromatic carbocycles. The molecule has 0 amide bonds. The van der Waals surface area contributed by atoms with E-state index < -0.39 is 16.6 Å². The van der Waals surface area contributed by atoms with Crippen LogP contribution in [0, 0.1) is 0 Å². The Hall–Kier alpha value is 0.254. The fourth-order valence-corrected chi connectivity index (χ4v) is 13.2. The van der Waals surface area contributed by atoms with Gasteiger partial charge in [-0.15, -0.1) is 0 Å². The maximum Gasteiger partial charge on any atom is -1.00 e. The molecule has 3 rings (SSSR count).